The van der Waals surface area contributed by atoms with Gasteiger partial charge >= 0.3 is 0 Å². The van der Waals surface area contributed by atoms with Gasteiger partial charge in [0, 0.05) is 42.3 Å². The highest BCUT2D eigenvalue weighted by molar-refractivity contribution is 5.96. The topological polar surface area (TPSA) is 132 Å². The van der Waals surface area contributed by atoms with Crippen LogP contribution in [0.5, 0.6) is 0 Å². The van der Waals surface area contributed by atoms with E-state index in [1.165, 1.54) is 18.5 Å². The van der Waals surface area contributed by atoms with E-state index in [2.05, 4.69) is 39.0 Å². The summed E-state index contributed by atoms with van der Waals surface area (Å²) < 4.78 is 1.55. The Bertz CT molecular complexity index is 1600. The van der Waals surface area contributed by atoms with Gasteiger partial charge in [0.2, 0.25) is 5.91 Å². The predicted octanol–water partition coefficient (Wildman–Crippen LogP) is 2.34. The van der Waals surface area contributed by atoms with Crippen molar-refractivity contribution in [3.8, 4) is 17.5 Å². The maximum absolute atomic E-state index is 13.8. The maximum Gasteiger partial charge on any atom is 0.274 e. The van der Waals surface area contributed by atoms with Crippen LogP contribution in [0.3, 0.4) is 0 Å². The molecule has 184 valence electrons. The largest absolute Gasteiger partial charge is 0.382 e. The number of amides is 2. The van der Waals surface area contributed by atoms with Crippen molar-refractivity contribution < 1.29 is 9.59 Å². The van der Waals surface area contributed by atoms with Crippen LogP contribution in [0.4, 0.5) is 5.82 Å². The van der Waals surface area contributed by atoms with Crippen molar-refractivity contribution in [2.45, 2.75) is 13.0 Å². The number of nitrogens with two attached hydrogens (primary N) is 1. The second-order valence-corrected chi connectivity index (χ2v) is 7.90. The zero-order valence-electron chi connectivity index (χ0n) is 19.9. The smallest absolute Gasteiger partial charge is 0.274 e. The average molecular weight is 493 g/mol. The molecule has 0 saturated heterocycles. The van der Waals surface area contributed by atoms with Crippen molar-refractivity contribution >= 4 is 28.4 Å². The van der Waals surface area contributed by atoms with Crippen molar-refractivity contribution in [1.82, 2.24) is 25.2 Å². The molecule has 2 aromatic heterocycles. The van der Waals surface area contributed by atoms with Gasteiger partial charge in [-0.25, -0.2) is 9.97 Å². The number of nitrogen functional groups attached to an aromatic ring is 1. The molecule has 9 nitrogen and oxygen atoms in total. The number of nitrogens with zero attached hydrogens (tertiary/aromatic N) is 3. The number of carbonyl (C=O) groups is 2. The van der Waals surface area contributed by atoms with Crippen LogP contribution in [-0.4, -0.2) is 32.9 Å². The first-order valence-electron chi connectivity index (χ1n) is 11.5. The lowest BCUT2D eigenvalue weighted by molar-refractivity contribution is -0.116. The van der Waals surface area contributed by atoms with Crippen LogP contribution >= 0.6 is 0 Å². The number of fused-ring (bicyclic) bond motifs is 1. The summed E-state index contributed by atoms with van der Waals surface area (Å²) in [6, 6.07) is 16.4. The number of anilines is 1. The number of pyridine rings is 1. The maximum atomic E-state index is 13.8. The number of carbonyl (C=O) groups excluding carboxylic acids is 2. The SMILES string of the molecule is C=CC(=O)NCCC#Cc1cccc2cc(CNC(=O)c3nccnc3N)n(-c3ccccc3)c(=O)c12. The third-order valence-corrected chi connectivity index (χ3v) is 5.47. The highest BCUT2D eigenvalue weighted by Gasteiger charge is 2.16. The summed E-state index contributed by atoms with van der Waals surface area (Å²) in [4.78, 5) is 45.7. The second kappa shape index (κ2) is 11.5. The number of benzene rings is 2. The molecule has 2 heterocycles. The molecule has 0 aliphatic carbocycles. The van der Waals surface area contributed by atoms with Gasteiger partial charge in [-0.3, -0.25) is 19.0 Å². The lowest BCUT2D eigenvalue weighted by atomic mass is 10.0. The molecular weight excluding hydrogens is 468 g/mol. The molecule has 2 amide bonds. The molecule has 4 N–H and O–H groups in total. The van der Waals surface area contributed by atoms with E-state index in [1.54, 1.807) is 10.6 Å². The zero-order chi connectivity index (χ0) is 26.2. The number of hydrogen-bond donors (Lipinski definition) is 3. The highest BCUT2D eigenvalue weighted by Crippen LogP contribution is 2.19. The third kappa shape index (κ3) is 5.71. The number of nitrogens with one attached hydrogen (secondary N) is 2. The van der Waals surface area contributed by atoms with E-state index in [0.717, 1.165) is 0 Å². The van der Waals surface area contributed by atoms with Crippen LogP contribution in [0.1, 0.15) is 28.2 Å². The van der Waals surface area contributed by atoms with Crippen LogP contribution in [0.25, 0.3) is 16.5 Å². The lowest BCUT2D eigenvalue weighted by Crippen LogP contribution is -2.30. The molecule has 37 heavy (non-hydrogen) atoms. The standard InChI is InChI=1S/C28H24N6O3/c1-2-23(35)30-14-7-6-9-19-10-8-11-20-17-22(18-33-27(36)25-26(29)32-16-15-31-25)34(28(37)24(19)20)21-12-4-3-5-13-21/h2-5,8,10-13,15-17H,1,7,14,18H2,(H2,29,32)(H,30,35)(H,33,36). The van der Waals surface area contributed by atoms with E-state index in [9.17, 15) is 14.4 Å². The van der Waals surface area contributed by atoms with E-state index in [0.29, 0.717) is 40.7 Å². The van der Waals surface area contributed by atoms with Crippen molar-refractivity contribution in [3.63, 3.8) is 0 Å². The predicted molar refractivity (Wildman–Crippen MR) is 142 cm³/mol. The van der Waals surface area contributed by atoms with Crippen LogP contribution in [-0.2, 0) is 11.3 Å². The Morgan fingerprint density at radius 2 is 1.84 bits per heavy atom. The number of hydrogen-bond acceptors (Lipinski definition) is 6. The second-order valence-electron chi connectivity index (χ2n) is 7.90. The quantitative estimate of drug-likeness (QED) is 0.206. The molecule has 0 aliphatic rings. The van der Waals surface area contributed by atoms with E-state index in [1.807, 2.05) is 48.5 Å². The van der Waals surface area contributed by atoms with Gasteiger partial charge in [-0.2, -0.15) is 0 Å². The molecule has 2 aromatic carbocycles. The Kier molecular flexibility index (Phi) is 7.71. The van der Waals surface area contributed by atoms with E-state index < -0.39 is 5.91 Å². The Morgan fingerprint density at radius 1 is 1.05 bits per heavy atom. The number of aromatic nitrogens is 3. The molecule has 0 spiro atoms. The van der Waals surface area contributed by atoms with Crippen molar-refractivity contribution in [3.05, 3.63) is 107 Å². The molecule has 0 saturated carbocycles. The molecule has 0 atom stereocenters. The summed E-state index contributed by atoms with van der Waals surface area (Å²) in [6.07, 6.45) is 4.41. The summed E-state index contributed by atoms with van der Waals surface area (Å²) >= 11 is 0. The first kappa shape index (κ1) is 24.9. The van der Waals surface area contributed by atoms with E-state index in [4.69, 9.17) is 5.73 Å². The van der Waals surface area contributed by atoms with Gasteiger partial charge in [-0.05, 0) is 35.7 Å². The Labute approximate surface area is 213 Å². The molecule has 4 rings (SSSR count). The van der Waals surface area contributed by atoms with Crippen molar-refractivity contribution in [2.24, 2.45) is 0 Å². The minimum atomic E-state index is -0.499. The first-order valence-corrected chi connectivity index (χ1v) is 11.5. The monoisotopic (exact) mass is 492 g/mol. The molecular formula is C28H24N6O3. The molecule has 0 unspecified atom stereocenters. The average Bonchev–Trinajstić information content (AvgIpc) is 2.92. The van der Waals surface area contributed by atoms with Crippen LogP contribution in [0.2, 0.25) is 0 Å². The highest BCUT2D eigenvalue weighted by atomic mass is 16.2. The summed E-state index contributed by atoms with van der Waals surface area (Å²) in [7, 11) is 0. The molecule has 0 radical (unpaired) electrons. The van der Waals surface area contributed by atoms with Crippen LogP contribution in [0.15, 0.2) is 84.4 Å². The van der Waals surface area contributed by atoms with Crippen LogP contribution < -0.4 is 21.9 Å². The normalized spacial score (nSPS) is 10.3. The third-order valence-electron chi connectivity index (χ3n) is 5.47. The molecule has 9 heteroatoms. The Morgan fingerprint density at radius 3 is 2.59 bits per heavy atom. The van der Waals surface area contributed by atoms with E-state index >= 15 is 0 Å². The Balaban J connectivity index is 1.72. The fourth-order valence-corrected chi connectivity index (χ4v) is 3.77. The zero-order valence-corrected chi connectivity index (χ0v) is 19.9. The number of para-hydroxylation sites is 1. The van der Waals surface area contributed by atoms with Gasteiger partial charge in [0.05, 0.1) is 11.9 Å². The summed E-state index contributed by atoms with van der Waals surface area (Å²) in [5, 5.41) is 6.60. The fourth-order valence-electron chi connectivity index (χ4n) is 3.77. The van der Waals surface area contributed by atoms with Crippen LogP contribution in [0, 0.1) is 11.8 Å². The molecule has 0 bridgehead atoms. The molecule has 0 aliphatic heterocycles. The minimum absolute atomic E-state index is 0.0127. The molecule has 0 fully saturated rings. The lowest BCUT2D eigenvalue weighted by Gasteiger charge is -2.16. The van der Waals surface area contributed by atoms with Crippen molar-refractivity contribution in [2.75, 3.05) is 12.3 Å². The van der Waals surface area contributed by atoms with Gasteiger partial charge in [0.25, 0.3) is 11.5 Å². The molecule has 4 aromatic rings. The van der Waals surface area contributed by atoms with Crippen molar-refractivity contribution in [1.29, 1.82) is 0 Å². The summed E-state index contributed by atoms with van der Waals surface area (Å²) in [6.45, 7) is 3.83. The first-order chi connectivity index (χ1) is 18.0. The van der Waals surface area contributed by atoms with E-state index in [-0.39, 0.29) is 29.5 Å². The summed E-state index contributed by atoms with van der Waals surface area (Å²) in [5.74, 6) is 5.32. The number of rotatable bonds is 7. The summed E-state index contributed by atoms with van der Waals surface area (Å²) in [5.41, 5.74) is 7.31. The minimum Gasteiger partial charge on any atom is -0.382 e. The van der Waals surface area contributed by atoms with Gasteiger partial charge in [0.15, 0.2) is 11.5 Å². The van der Waals surface area contributed by atoms with Gasteiger partial charge in [-0.15, -0.1) is 0 Å². The fraction of sp³-hybridized carbons (Fsp3) is 0.107. The van der Waals surface area contributed by atoms with Gasteiger partial charge in [0.1, 0.15) is 0 Å². The van der Waals surface area contributed by atoms with Gasteiger partial charge < -0.3 is 16.4 Å². The van der Waals surface area contributed by atoms with Gasteiger partial charge in [-0.1, -0.05) is 48.8 Å². The Hall–Kier alpha value is -5.23.